The predicted octanol–water partition coefficient (Wildman–Crippen LogP) is 18.2. The summed E-state index contributed by atoms with van der Waals surface area (Å²) in [7, 11) is 0. The predicted molar refractivity (Wildman–Crippen MR) is 279 cm³/mol. The largest absolute Gasteiger partial charge is 0.462 e. The molecule has 0 aliphatic heterocycles. The second-order valence-corrected chi connectivity index (χ2v) is 17.4. The maximum atomic E-state index is 12.8. The summed E-state index contributed by atoms with van der Waals surface area (Å²) in [5, 5.41) is 0. The molecule has 366 valence electrons. The highest BCUT2D eigenvalue weighted by atomic mass is 16.6. The molecule has 0 aromatic carbocycles. The van der Waals surface area contributed by atoms with Crippen molar-refractivity contribution in [1.82, 2.24) is 0 Å². The van der Waals surface area contributed by atoms with Crippen LogP contribution in [-0.2, 0) is 23.8 Å². The van der Waals surface area contributed by atoms with Crippen molar-refractivity contribution in [1.29, 1.82) is 0 Å². The molecule has 1 unspecified atom stereocenters. The van der Waals surface area contributed by atoms with Gasteiger partial charge in [-0.3, -0.25) is 9.59 Å². The van der Waals surface area contributed by atoms with Gasteiger partial charge in [-0.1, -0.05) is 201 Å². The minimum atomic E-state index is -0.565. The summed E-state index contributed by atoms with van der Waals surface area (Å²) in [5.41, 5.74) is 0. The van der Waals surface area contributed by atoms with Crippen LogP contribution in [0.5, 0.6) is 0 Å². The third-order valence-corrected chi connectivity index (χ3v) is 11.1. The Morgan fingerprint density at radius 2 is 0.703 bits per heavy atom. The van der Waals surface area contributed by atoms with E-state index in [-0.39, 0.29) is 25.2 Å². The van der Waals surface area contributed by atoms with Crippen LogP contribution in [0.2, 0.25) is 0 Å². The molecule has 0 saturated carbocycles. The average Bonchev–Trinajstić information content (AvgIpc) is 3.30. The molecule has 1 atom stereocenters. The van der Waals surface area contributed by atoms with E-state index < -0.39 is 6.10 Å². The number of esters is 2. The highest BCUT2D eigenvalue weighted by molar-refractivity contribution is 5.70. The number of rotatable bonds is 48. The fourth-order valence-corrected chi connectivity index (χ4v) is 7.09. The average molecular weight is 889 g/mol. The second-order valence-electron chi connectivity index (χ2n) is 17.4. The van der Waals surface area contributed by atoms with Crippen molar-refractivity contribution in [2.45, 2.75) is 245 Å². The van der Waals surface area contributed by atoms with E-state index >= 15 is 0 Å². The van der Waals surface area contributed by atoms with Crippen molar-refractivity contribution in [2.24, 2.45) is 0 Å². The van der Waals surface area contributed by atoms with E-state index in [1.807, 2.05) is 0 Å². The fraction of sp³-hybridized carbons (Fsp3) is 0.695. The molecule has 0 aliphatic rings. The van der Waals surface area contributed by atoms with Crippen LogP contribution < -0.4 is 0 Å². The van der Waals surface area contributed by atoms with Gasteiger partial charge < -0.3 is 14.2 Å². The number of carbonyl (C=O) groups excluding carboxylic acids is 2. The van der Waals surface area contributed by atoms with Crippen molar-refractivity contribution in [3.05, 3.63) is 97.2 Å². The first-order valence-electron chi connectivity index (χ1n) is 26.8. The number of unbranched alkanes of at least 4 members (excludes halogenated alkanes) is 21. The van der Waals surface area contributed by atoms with Crippen LogP contribution in [0, 0.1) is 0 Å². The Balaban J connectivity index is 4.37. The zero-order valence-corrected chi connectivity index (χ0v) is 42.0. The zero-order chi connectivity index (χ0) is 46.3. The van der Waals surface area contributed by atoms with Gasteiger partial charge in [0.25, 0.3) is 0 Å². The molecule has 0 spiro atoms. The molecule has 0 saturated heterocycles. The van der Waals surface area contributed by atoms with Gasteiger partial charge in [0.1, 0.15) is 6.61 Å². The van der Waals surface area contributed by atoms with Crippen LogP contribution >= 0.6 is 0 Å². The summed E-state index contributed by atoms with van der Waals surface area (Å²) in [5.74, 6) is -0.455. The lowest BCUT2D eigenvalue weighted by Gasteiger charge is -2.18. The van der Waals surface area contributed by atoms with E-state index in [9.17, 15) is 9.59 Å². The van der Waals surface area contributed by atoms with Crippen LogP contribution in [0.1, 0.15) is 239 Å². The van der Waals surface area contributed by atoms with E-state index in [1.165, 1.54) is 103 Å². The SMILES string of the molecule is CC/C=C\C/C=C\C/C=C\C/C=C\C/C=C\CCCCCC(=O)OCC(COCCCCCCCC/C=C\CCCCCC)OC(=O)CCCCCCC/C=C\C/C=C\CCCCC. The van der Waals surface area contributed by atoms with Crippen molar-refractivity contribution < 1.29 is 23.8 Å². The molecule has 0 radical (unpaired) electrons. The van der Waals surface area contributed by atoms with Gasteiger partial charge in [-0.2, -0.15) is 0 Å². The van der Waals surface area contributed by atoms with Crippen molar-refractivity contribution in [3.8, 4) is 0 Å². The number of allylic oxidation sites excluding steroid dienone is 16. The number of hydrogen-bond donors (Lipinski definition) is 0. The molecule has 0 aromatic rings. The van der Waals surface area contributed by atoms with Gasteiger partial charge in [-0.25, -0.2) is 0 Å². The maximum Gasteiger partial charge on any atom is 0.306 e. The van der Waals surface area contributed by atoms with Gasteiger partial charge in [0.05, 0.1) is 6.61 Å². The molecule has 64 heavy (non-hydrogen) atoms. The van der Waals surface area contributed by atoms with E-state index in [4.69, 9.17) is 14.2 Å². The minimum Gasteiger partial charge on any atom is -0.462 e. The number of hydrogen-bond acceptors (Lipinski definition) is 5. The van der Waals surface area contributed by atoms with Crippen LogP contribution in [0.4, 0.5) is 0 Å². The smallest absolute Gasteiger partial charge is 0.306 e. The molecule has 0 aliphatic carbocycles. The first-order chi connectivity index (χ1) is 31.6. The quantitative estimate of drug-likeness (QED) is 0.0346. The molecule has 5 heteroatoms. The Morgan fingerprint density at radius 1 is 0.359 bits per heavy atom. The Labute approximate surface area is 396 Å². The lowest BCUT2D eigenvalue weighted by atomic mass is 10.1. The summed E-state index contributed by atoms with van der Waals surface area (Å²) in [6, 6.07) is 0. The molecule has 0 amide bonds. The molecule has 0 N–H and O–H groups in total. The van der Waals surface area contributed by atoms with E-state index in [2.05, 4.69) is 118 Å². The summed E-state index contributed by atoms with van der Waals surface area (Å²) in [6.45, 7) is 7.61. The molecule has 0 heterocycles. The molecule has 0 rings (SSSR count). The number of carbonyl (C=O) groups is 2. The van der Waals surface area contributed by atoms with Crippen LogP contribution in [-0.4, -0.2) is 37.9 Å². The van der Waals surface area contributed by atoms with Gasteiger partial charge in [0, 0.05) is 19.4 Å². The third kappa shape index (κ3) is 51.5. The summed E-state index contributed by atoms with van der Waals surface area (Å²) < 4.78 is 17.4. The van der Waals surface area contributed by atoms with Gasteiger partial charge in [-0.05, 0) is 122 Å². The zero-order valence-electron chi connectivity index (χ0n) is 42.0. The Bertz CT molecular complexity index is 1230. The highest BCUT2D eigenvalue weighted by Gasteiger charge is 2.17. The fourth-order valence-electron chi connectivity index (χ4n) is 7.09. The topological polar surface area (TPSA) is 61.8 Å². The van der Waals surface area contributed by atoms with Crippen molar-refractivity contribution in [3.63, 3.8) is 0 Å². The lowest BCUT2D eigenvalue weighted by molar-refractivity contribution is -0.163. The Kier molecular flexibility index (Phi) is 51.5. The maximum absolute atomic E-state index is 12.8. The highest BCUT2D eigenvalue weighted by Crippen LogP contribution is 2.13. The minimum absolute atomic E-state index is 0.0555. The first kappa shape index (κ1) is 60.8. The molecular weight excluding hydrogens is 789 g/mol. The Hall–Kier alpha value is -3.18. The van der Waals surface area contributed by atoms with Crippen LogP contribution in [0.3, 0.4) is 0 Å². The summed E-state index contributed by atoms with van der Waals surface area (Å²) in [6.07, 6.45) is 72.7. The molecular formula is C59H100O5. The normalized spacial score (nSPS) is 13.0. The van der Waals surface area contributed by atoms with Crippen molar-refractivity contribution in [2.75, 3.05) is 19.8 Å². The van der Waals surface area contributed by atoms with Gasteiger partial charge in [0.2, 0.25) is 0 Å². The van der Waals surface area contributed by atoms with Crippen LogP contribution in [0.25, 0.3) is 0 Å². The van der Waals surface area contributed by atoms with Gasteiger partial charge >= 0.3 is 11.9 Å². The molecule has 5 nitrogen and oxygen atoms in total. The number of ether oxygens (including phenoxy) is 3. The van der Waals surface area contributed by atoms with Crippen molar-refractivity contribution >= 4 is 11.9 Å². The van der Waals surface area contributed by atoms with Gasteiger partial charge in [-0.15, -0.1) is 0 Å². The lowest BCUT2D eigenvalue weighted by Crippen LogP contribution is -2.30. The molecule has 0 fully saturated rings. The van der Waals surface area contributed by atoms with E-state index in [0.29, 0.717) is 19.4 Å². The monoisotopic (exact) mass is 889 g/mol. The Morgan fingerprint density at radius 3 is 1.19 bits per heavy atom. The second kappa shape index (κ2) is 54.2. The van der Waals surface area contributed by atoms with Gasteiger partial charge in [0.15, 0.2) is 6.10 Å². The summed E-state index contributed by atoms with van der Waals surface area (Å²) in [4.78, 5) is 25.4. The molecule has 0 aromatic heterocycles. The molecule has 0 bridgehead atoms. The van der Waals surface area contributed by atoms with E-state index in [0.717, 1.165) is 103 Å². The van der Waals surface area contributed by atoms with Crippen LogP contribution in [0.15, 0.2) is 97.2 Å². The first-order valence-corrected chi connectivity index (χ1v) is 26.8. The van der Waals surface area contributed by atoms with E-state index in [1.54, 1.807) is 0 Å². The summed E-state index contributed by atoms with van der Waals surface area (Å²) >= 11 is 0. The standard InChI is InChI=1S/C59H100O5/c1-4-7-10-13-16-19-22-25-28-29-30-31-33-34-37-40-43-46-49-52-58(60)63-56-57(55-62-54-51-48-45-42-39-36-27-24-21-18-15-12-9-6-3)64-59(61)53-50-47-44-41-38-35-32-26-23-20-17-14-11-8-5-2/h7,10,16-17,19-21,24-26,28,30-32,34,37,57H,4-6,8-9,11-15,18,22-23,27,29,33,35-36,38-56H2,1-3H3/b10-7-,19-16-,20-17-,24-21-,28-25-,31-30-,32-26-,37-34-. The third-order valence-electron chi connectivity index (χ3n) is 11.1.